The van der Waals surface area contributed by atoms with E-state index in [1.807, 2.05) is 0 Å². The molecule has 0 radical (unpaired) electrons. The fraction of sp³-hybridized carbons (Fsp3) is 0.714. The molecular weight excluding hydrogens is 260 g/mol. The van der Waals surface area contributed by atoms with E-state index in [2.05, 4.69) is 25.7 Å². The van der Waals surface area contributed by atoms with Crippen LogP contribution in [-0.4, -0.2) is 37.6 Å². The summed E-state index contributed by atoms with van der Waals surface area (Å²) >= 11 is 1.50. The largest absolute Gasteiger partial charge is 0.380 e. The van der Waals surface area contributed by atoms with Crippen molar-refractivity contribution >= 4 is 22.8 Å². The molecule has 4 nitrogen and oxygen atoms in total. The summed E-state index contributed by atoms with van der Waals surface area (Å²) in [5.41, 5.74) is 0.809. The Morgan fingerprint density at radius 3 is 2.74 bits per heavy atom. The van der Waals surface area contributed by atoms with Crippen LogP contribution in [0.1, 0.15) is 49.0 Å². The lowest BCUT2D eigenvalue weighted by Crippen LogP contribution is -2.39. The lowest BCUT2D eigenvalue weighted by molar-refractivity contribution is 0.0893. The first-order chi connectivity index (χ1) is 8.95. The molecule has 1 aromatic heterocycles. The number of carbonyl (C=O) groups is 1. The predicted octanol–water partition coefficient (Wildman–Crippen LogP) is 2.87. The molecule has 1 aliphatic rings. The van der Waals surface area contributed by atoms with Crippen LogP contribution in [0.2, 0.25) is 0 Å². The zero-order valence-electron chi connectivity index (χ0n) is 12.1. The van der Waals surface area contributed by atoms with Crippen LogP contribution >= 0.6 is 11.3 Å². The van der Waals surface area contributed by atoms with Crippen molar-refractivity contribution in [2.24, 2.45) is 0 Å². The van der Waals surface area contributed by atoms with Crippen LogP contribution < -0.4 is 4.90 Å². The molecule has 0 spiro atoms. The summed E-state index contributed by atoms with van der Waals surface area (Å²) in [5.74, 6) is 0. The number of carbonyl (C=O) groups excluding carboxylic acids is 1. The van der Waals surface area contributed by atoms with Crippen LogP contribution in [0.5, 0.6) is 0 Å². The SMILES string of the molecule is COC1CCCN(c2nc(C(C)(C)C)c(C=O)s2)C1. The predicted molar refractivity (Wildman–Crippen MR) is 78.4 cm³/mol. The average Bonchev–Trinajstić information content (AvgIpc) is 2.83. The Labute approximate surface area is 118 Å². The van der Waals surface area contributed by atoms with Crippen LogP contribution in [0.4, 0.5) is 5.13 Å². The van der Waals surface area contributed by atoms with Gasteiger partial charge < -0.3 is 9.64 Å². The van der Waals surface area contributed by atoms with Gasteiger partial charge in [0.05, 0.1) is 16.7 Å². The highest BCUT2D eigenvalue weighted by molar-refractivity contribution is 7.17. The van der Waals surface area contributed by atoms with Crippen molar-refractivity contribution in [3.63, 3.8) is 0 Å². The molecular formula is C14H22N2O2S. The van der Waals surface area contributed by atoms with Gasteiger partial charge in [0.15, 0.2) is 11.4 Å². The molecule has 0 aliphatic carbocycles. The lowest BCUT2D eigenvalue weighted by Gasteiger charge is -2.31. The summed E-state index contributed by atoms with van der Waals surface area (Å²) in [6, 6.07) is 0. The second-order valence-corrected chi connectivity index (χ2v) is 7.03. The summed E-state index contributed by atoms with van der Waals surface area (Å²) in [7, 11) is 1.76. The number of hydrogen-bond acceptors (Lipinski definition) is 5. The third-order valence-electron chi connectivity index (χ3n) is 3.44. The molecule has 0 N–H and O–H groups in total. The summed E-state index contributed by atoms with van der Waals surface area (Å²) < 4.78 is 5.44. The minimum absolute atomic E-state index is 0.0958. The Hall–Kier alpha value is -0.940. The van der Waals surface area contributed by atoms with E-state index in [0.29, 0.717) is 0 Å². The monoisotopic (exact) mass is 282 g/mol. The quantitative estimate of drug-likeness (QED) is 0.800. The molecule has 2 rings (SSSR count). The number of hydrogen-bond donors (Lipinski definition) is 0. The van der Waals surface area contributed by atoms with E-state index < -0.39 is 0 Å². The molecule has 1 aromatic rings. The smallest absolute Gasteiger partial charge is 0.186 e. The number of rotatable bonds is 3. The van der Waals surface area contributed by atoms with Crippen molar-refractivity contribution in [1.82, 2.24) is 4.98 Å². The maximum absolute atomic E-state index is 11.2. The highest BCUT2D eigenvalue weighted by atomic mass is 32.1. The molecule has 0 saturated carbocycles. The summed E-state index contributed by atoms with van der Waals surface area (Å²) in [5, 5.41) is 0.953. The van der Waals surface area contributed by atoms with Crippen LogP contribution in [0.3, 0.4) is 0 Å². The molecule has 19 heavy (non-hydrogen) atoms. The highest BCUT2D eigenvalue weighted by Gasteiger charge is 2.27. The van der Waals surface area contributed by atoms with Gasteiger partial charge in [-0.1, -0.05) is 32.1 Å². The van der Waals surface area contributed by atoms with Gasteiger partial charge in [0, 0.05) is 25.6 Å². The van der Waals surface area contributed by atoms with Crippen molar-refractivity contribution in [2.75, 3.05) is 25.1 Å². The Bertz CT molecular complexity index is 451. The number of aldehydes is 1. The summed E-state index contributed by atoms with van der Waals surface area (Å²) in [6.07, 6.45) is 3.42. The molecule has 5 heteroatoms. The number of nitrogens with zero attached hydrogens (tertiary/aromatic N) is 2. The van der Waals surface area contributed by atoms with E-state index in [0.717, 1.165) is 47.9 Å². The third kappa shape index (κ3) is 3.15. The summed E-state index contributed by atoms with van der Waals surface area (Å²) in [4.78, 5) is 18.9. The number of piperidine rings is 1. The fourth-order valence-electron chi connectivity index (χ4n) is 2.38. The van der Waals surface area contributed by atoms with E-state index in [-0.39, 0.29) is 11.5 Å². The second kappa shape index (κ2) is 5.59. The number of anilines is 1. The number of methoxy groups -OCH3 is 1. The van der Waals surface area contributed by atoms with Gasteiger partial charge in [-0.3, -0.25) is 4.79 Å². The van der Waals surface area contributed by atoms with Gasteiger partial charge >= 0.3 is 0 Å². The van der Waals surface area contributed by atoms with E-state index >= 15 is 0 Å². The minimum Gasteiger partial charge on any atom is -0.380 e. The first kappa shape index (κ1) is 14.5. The molecule has 1 fully saturated rings. The molecule has 1 aliphatic heterocycles. The average molecular weight is 282 g/mol. The molecule has 106 valence electrons. The van der Waals surface area contributed by atoms with E-state index in [1.54, 1.807) is 7.11 Å². The van der Waals surface area contributed by atoms with Gasteiger partial charge in [-0.05, 0) is 12.8 Å². The minimum atomic E-state index is -0.0958. The van der Waals surface area contributed by atoms with Crippen LogP contribution in [0.25, 0.3) is 0 Å². The third-order valence-corrected chi connectivity index (χ3v) is 4.48. The van der Waals surface area contributed by atoms with E-state index in [4.69, 9.17) is 9.72 Å². The zero-order valence-corrected chi connectivity index (χ0v) is 12.9. The van der Waals surface area contributed by atoms with Gasteiger partial charge in [0.2, 0.25) is 0 Å². The Morgan fingerprint density at radius 1 is 1.47 bits per heavy atom. The number of ether oxygens (including phenoxy) is 1. The lowest BCUT2D eigenvalue weighted by atomic mass is 9.91. The van der Waals surface area contributed by atoms with E-state index in [1.165, 1.54) is 11.3 Å². The van der Waals surface area contributed by atoms with Gasteiger partial charge in [0.1, 0.15) is 0 Å². The zero-order chi connectivity index (χ0) is 14.0. The molecule has 0 aromatic carbocycles. The van der Waals surface area contributed by atoms with Gasteiger partial charge in [-0.25, -0.2) is 4.98 Å². The van der Waals surface area contributed by atoms with Crippen LogP contribution in [-0.2, 0) is 10.2 Å². The number of aromatic nitrogens is 1. The standard InChI is InChI=1S/C14H22N2O2S/c1-14(2,3)12-11(9-17)19-13(15-12)16-7-5-6-10(8-16)18-4/h9-10H,5-8H2,1-4H3. The Morgan fingerprint density at radius 2 is 2.21 bits per heavy atom. The Kier molecular flexibility index (Phi) is 4.26. The topological polar surface area (TPSA) is 42.4 Å². The molecule has 1 atom stereocenters. The van der Waals surface area contributed by atoms with Crippen molar-refractivity contribution in [1.29, 1.82) is 0 Å². The molecule has 1 saturated heterocycles. The van der Waals surface area contributed by atoms with Crippen molar-refractivity contribution < 1.29 is 9.53 Å². The molecule has 0 amide bonds. The maximum atomic E-state index is 11.2. The van der Waals surface area contributed by atoms with Crippen molar-refractivity contribution in [3.8, 4) is 0 Å². The van der Waals surface area contributed by atoms with Crippen molar-refractivity contribution in [3.05, 3.63) is 10.6 Å². The summed E-state index contributed by atoms with van der Waals surface area (Å²) in [6.45, 7) is 8.13. The van der Waals surface area contributed by atoms with Gasteiger partial charge in [0.25, 0.3) is 0 Å². The molecule has 2 heterocycles. The molecule has 1 unspecified atom stereocenters. The first-order valence-electron chi connectivity index (χ1n) is 6.70. The fourth-order valence-corrected chi connectivity index (χ4v) is 3.50. The van der Waals surface area contributed by atoms with E-state index in [9.17, 15) is 4.79 Å². The van der Waals surface area contributed by atoms with Crippen LogP contribution in [0, 0.1) is 0 Å². The second-order valence-electron chi connectivity index (χ2n) is 6.02. The van der Waals surface area contributed by atoms with Gasteiger partial charge in [-0.15, -0.1) is 0 Å². The van der Waals surface area contributed by atoms with Crippen LogP contribution in [0.15, 0.2) is 0 Å². The number of thiazole rings is 1. The maximum Gasteiger partial charge on any atom is 0.186 e. The van der Waals surface area contributed by atoms with Crippen molar-refractivity contribution in [2.45, 2.75) is 45.1 Å². The molecule has 0 bridgehead atoms. The highest BCUT2D eigenvalue weighted by Crippen LogP contribution is 2.34. The first-order valence-corrected chi connectivity index (χ1v) is 7.51. The Balaban J connectivity index is 2.25. The normalized spacial score (nSPS) is 20.6. The van der Waals surface area contributed by atoms with Gasteiger partial charge in [-0.2, -0.15) is 0 Å².